The van der Waals surface area contributed by atoms with E-state index in [0.717, 1.165) is 22.7 Å². The van der Waals surface area contributed by atoms with Gasteiger partial charge in [-0.15, -0.1) is 0 Å². The maximum Gasteiger partial charge on any atom is 0.239 e. The van der Waals surface area contributed by atoms with Crippen LogP contribution in [0.5, 0.6) is 5.75 Å². The van der Waals surface area contributed by atoms with E-state index >= 15 is 0 Å². The first kappa shape index (κ1) is 17.3. The van der Waals surface area contributed by atoms with Crippen LogP contribution >= 0.6 is 0 Å². The van der Waals surface area contributed by atoms with Crippen LogP contribution in [0.1, 0.15) is 12.5 Å². The molecule has 0 aliphatic heterocycles. The molecule has 0 unspecified atom stereocenters. The van der Waals surface area contributed by atoms with E-state index in [2.05, 4.69) is 16.0 Å². The largest absolute Gasteiger partial charge is 0.497 e. The fourth-order valence-electron chi connectivity index (χ4n) is 2.06. The summed E-state index contributed by atoms with van der Waals surface area (Å²) in [5, 5.41) is 8.57. The highest BCUT2D eigenvalue weighted by atomic mass is 16.5. The van der Waals surface area contributed by atoms with Gasteiger partial charge in [0.25, 0.3) is 0 Å². The van der Waals surface area contributed by atoms with Gasteiger partial charge < -0.3 is 20.7 Å². The molecule has 126 valence electrons. The molecule has 0 saturated heterocycles. The molecule has 6 heteroatoms. The van der Waals surface area contributed by atoms with E-state index in [4.69, 9.17) is 4.74 Å². The first-order valence-corrected chi connectivity index (χ1v) is 7.58. The minimum absolute atomic E-state index is 0.100. The van der Waals surface area contributed by atoms with E-state index in [1.165, 1.54) is 6.92 Å². The second-order valence-electron chi connectivity index (χ2n) is 5.24. The third kappa shape index (κ3) is 5.64. The molecule has 2 amide bonds. The van der Waals surface area contributed by atoms with E-state index in [-0.39, 0.29) is 18.4 Å². The SMILES string of the molecule is COc1ccc(CNC(=O)CNc2ccc(NC(C)=O)cc2)cc1. The molecule has 0 fully saturated rings. The predicted octanol–water partition coefficient (Wildman–Crippen LogP) is 2.38. The number of anilines is 2. The highest BCUT2D eigenvalue weighted by molar-refractivity contribution is 5.88. The molecule has 0 radical (unpaired) electrons. The van der Waals surface area contributed by atoms with Crippen LogP contribution in [0.15, 0.2) is 48.5 Å². The second kappa shape index (κ2) is 8.57. The normalized spacial score (nSPS) is 9.92. The van der Waals surface area contributed by atoms with Crippen LogP contribution < -0.4 is 20.7 Å². The first-order chi connectivity index (χ1) is 11.6. The Bertz CT molecular complexity index is 682. The first-order valence-electron chi connectivity index (χ1n) is 7.58. The summed E-state index contributed by atoms with van der Waals surface area (Å²) in [5.74, 6) is 0.569. The molecule has 0 aliphatic rings. The summed E-state index contributed by atoms with van der Waals surface area (Å²) in [5.41, 5.74) is 2.53. The van der Waals surface area contributed by atoms with Crippen molar-refractivity contribution in [3.8, 4) is 5.75 Å². The molecule has 0 atom stereocenters. The van der Waals surface area contributed by atoms with Crippen LogP contribution in [0, 0.1) is 0 Å². The quantitative estimate of drug-likeness (QED) is 0.729. The van der Waals surface area contributed by atoms with Crippen molar-refractivity contribution in [1.82, 2.24) is 5.32 Å². The summed E-state index contributed by atoms with van der Waals surface area (Å²) in [4.78, 5) is 22.8. The van der Waals surface area contributed by atoms with Gasteiger partial charge in [0.05, 0.1) is 13.7 Å². The molecular weight excluding hydrogens is 306 g/mol. The maximum absolute atomic E-state index is 11.9. The lowest BCUT2D eigenvalue weighted by molar-refractivity contribution is -0.119. The van der Waals surface area contributed by atoms with Crippen molar-refractivity contribution in [2.45, 2.75) is 13.5 Å². The lowest BCUT2D eigenvalue weighted by Crippen LogP contribution is -2.29. The molecule has 0 saturated carbocycles. The molecule has 0 aromatic heterocycles. The molecule has 2 aromatic rings. The van der Waals surface area contributed by atoms with Gasteiger partial charge in [0, 0.05) is 24.8 Å². The Morgan fingerprint density at radius 1 is 0.958 bits per heavy atom. The van der Waals surface area contributed by atoms with Crippen LogP contribution in [0.2, 0.25) is 0 Å². The average molecular weight is 327 g/mol. The fraction of sp³-hybridized carbons (Fsp3) is 0.222. The maximum atomic E-state index is 11.9. The molecule has 0 aliphatic carbocycles. The molecule has 6 nitrogen and oxygen atoms in total. The summed E-state index contributed by atoms with van der Waals surface area (Å²) in [6.45, 7) is 2.10. The summed E-state index contributed by atoms with van der Waals surface area (Å²) < 4.78 is 5.09. The van der Waals surface area contributed by atoms with E-state index in [1.54, 1.807) is 19.2 Å². The predicted molar refractivity (Wildman–Crippen MR) is 94.1 cm³/mol. The molecule has 0 spiro atoms. The zero-order valence-electron chi connectivity index (χ0n) is 13.8. The van der Waals surface area contributed by atoms with Crippen LogP contribution in [0.25, 0.3) is 0 Å². The summed E-state index contributed by atoms with van der Waals surface area (Å²) in [6.07, 6.45) is 0. The van der Waals surface area contributed by atoms with Gasteiger partial charge in [-0.25, -0.2) is 0 Å². The minimum Gasteiger partial charge on any atom is -0.497 e. The van der Waals surface area contributed by atoms with Crippen LogP contribution in [0.4, 0.5) is 11.4 Å². The molecule has 2 aromatic carbocycles. The molecule has 0 heterocycles. The molecule has 3 N–H and O–H groups in total. The van der Waals surface area contributed by atoms with Crippen molar-refractivity contribution in [2.75, 3.05) is 24.3 Å². The molecule has 0 bridgehead atoms. The van der Waals surface area contributed by atoms with Crippen molar-refractivity contribution < 1.29 is 14.3 Å². The Kier molecular flexibility index (Phi) is 6.19. The third-order valence-corrected chi connectivity index (χ3v) is 3.31. The van der Waals surface area contributed by atoms with Crippen LogP contribution in [-0.4, -0.2) is 25.5 Å². The summed E-state index contributed by atoms with van der Waals surface area (Å²) >= 11 is 0. The van der Waals surface area contributed by atoms with Gasteiger partial charge in [0.15, 0.2) is 0 Å². The van der Waals surface area contributed by atoms with Crippen molar-refractivity contribution in [3.63, 3.8) is 0 Å². The number of amides is 2. The minimum atomic E-state index is -0.117. The van der Waals surface area contributed by atoms with Crippen LogP contribution in [0.3, 0.4) is 0 Å². The Balaban J connectivity index is 1.75. The zero-order chi connectivity index (χ0) is 17.4. The van der Waals surface area contributed by atoms with Gasteiger partial charge in [-0.1, -0.05) is 12.1 Å². The Morgan fingerprint density at radius 3 is 2.17 bits per heavy atom. The molecule has 24 heavy (non-hydrogen) atoms. The number of carbonyl (C=O) groups is 2. The number of methoxy groups -OCH3 is 1. The molecular formula is C18H21N3O3. The van der Waals surface area contributed by atoms with Gasteiger partial charge in [-0.05, 0) is 42.0 Å². The van der Waals surface area contributed by atoms with Gasteiger partial charge in [-0.3, -0.25) is 9.59 Å². The Hall–Kier alpha value is -3.02. The summed E-state index contributed by atoms with van der Waals surface area (Å²) in [7, 11) is 1.62. The number of nitrogens with one attached hydrogen (secondary N) is 3. The third-order valence-electron chi connectivity index (χ3n) is 3.31. The van der Waals surface area contributed by atoms with E-state index < -0.39 is 0 Å². The van der Waals surface area contributed by atoms with Crippen molar-refractivity contribution in [2.24, 2.45) is 0 Å². The van der Waals surface area contributed by atoms with Crippen LogP contribution in [-0.2, 0) is 16.1 Å². The smallest absolute Gasteiger partial charge is 0.239 e. The lowest BCUT2D eigenvalue weighted by Gasteiger charge is -2.09. The number of benzene rings is 2. The second-order valence-corrected chi connectivity index (χ2v) is 5.24. The number of carbonyl (C=O) groups excluding carboxylic acids is 2. The van der Waals surface area contributed by atoms with Gasteiger partial charge >= 0.3 is 0 Å². The number of ether oxygens (including phenoxy) is 1. The van der Waals surface area contributed by atoms with Gasteiger partial charge in [-0.2, -0.15) is 0 Å². The monoisotopic (exact) mass is 327 g/mol. The van der Waals surface area contributed by atoms with E-state index in [0.29, 0.717) is 6.54 Å². The van der Waals surface area contributed by atoms with Crippen molar-refractivity contribution in [1.29, 1.82) is 0 Å². The van der Waals surface area contributed by atoms with E-state index in [9.17, 15) is 9.59 Å². The zero-order valence-corrected chi connectivity index (χ0v) is 13.8. The average Bonchev–Trinajstić information content (AvgIpc) is 2.59. The van der Waals surface area contributed by atoms with Crippen molar-refractivity contribution >= 4 is 23.2 Å². The number of rotatable bonds is 7. The summed E-state index contributed by atoms with van der Waals surface area (Å²) in [6, 6.07) is 14.7. The highest BCUT2D eigenvalue weighted by Gasteiger charge is 2.02. The van der Waals surface area contributed by atoms with E-state index in [1.807, 2.05) is 36.4 Å². The Labute approximate surface area is 141 Å². The van der Waals surface area contributed by atoms with Gasteiger partial charge in [0.1, 0.15) is 5.75 Å². The molecule has 2 rings (SSSR count). The number of hydrogen-bond donors (Lipinski definition) is 3. The fourth-order valence-corrected chi connectivity index (χ4v) is 2.06. The Morgan fingerprint density at radius 2 is 1.58 bits per heavy atom. The standard InChI is InChI=1S/C18H21N3O3/c1-13(22)21-16-7-5-15(6-8-16)19-12-18(23)20-11-14-3-9-17(24-2)10-4-14/h3-10,19H,11-12H2,1-2H3,(H,20,23)(H,21,22). The number of hydrogen-bond acceptors (Lipinski definition) is 4. The highest BCUT2D eigenvalue weighted by Crippen LogP contribution is 2.13. The topological polar surface area (TPSA) is 79.5 Å². The van der Waals surface area contributed by atoms with Crippen molar-refractivity contribution in [3.05, 3.63) is 54.1 Å². The van der Waals surface area contributed by atoms with Gasteiger partial charge in [0.2, 0.25) is 11.8 Å². The lowest BCUT2D eigenvalue weighted by atomic mass is 10.2.